The zero-order chi connectivity index (χ0) is 23.7. The third-order valence-electron chi connectivity index (χ3n) is 6.94. The summed E-state index contributed by atoms with van der Waals surface area (Å²) in [5.74, 6) is -0.215. The molecule has 1 heterocycles. The first kappa shape index (κ1) is 22.6. The molecule has 2 aromatic rings. The number of rotatable bonds is 5. The van der Waals surface area contributed by atoms with Crippen molar-refractivity contribution in [3.05, 3.63) is 71.3 Å². The molecule has 1 saturated carbocycles. The van der Waals surface area contributed by atoms with E-state index in [1.54, 1.807) is 16.9 Å². The van der Waals surface area contributed by atoms with Gasteiger partial charge in [-0.1, -0.05) is 42.5 Å². The number of piperazine rings is 1. The second-order valence-electron chi connectivity index (χ2n) is 9.30. The molecule has 3 aliphatic rings. The van der Waals surface area contributed by atoms with E-state index in [-0.39, 0.29) is 11.8 Å². The highest BCUT2D eigenvalue weighted by Crippen LogP contribution is 2.37. The predicted molar refractivity (Wildman–Crippen MR) is 132 cm³/mol. The summed E-state index contributed by atoms with van der Waals surface area (Å²) in [6, 6.07) is 14.2. The lowest BCUT2D eigenvalue weighted by Gasteiger charge is -2.35. The van der Waals surface area contributed by atoms with E-state index in [0.29, 0.717) is 51.2 Å². The Balaban J connectivity index is 1.26. The van der Waals surface area contributed by atoms with Crippen molar-refractivity contribution in [1.29, 1.82) is 0 Å². The molecular weight excluding hydrogens is 428 g/mol. The first-order valence-electron chi connectivity index (χ1n) is 11.9. The van der Waals surface area contributed by atoms with Crippen molar-refractivity contribution in [2.24, 2.45) is 0 Å². The van der Waals surface area contributed by atoms with Gasteiger partial charge in [0.1, 0.15) is 5.60 Å². The van der Waals surface area contributed by atoms with Crippen LogP contribution in [0.3, 0.4) is 0 Å². The highest BCUT2D eigenvalue weighted by molar-refractivity contribution is 5.95. The summed E-state index contributed by atoms with van der Waals surface area (Å²) in [5, 5.41) is 10.1. The third kappa shape index (κ3) is 4.43. The number of hydrogen-bond acceptors (Lipinski definition) is 4. The van der Waals surface area contributed by atoms with Crippen molar-refractivity contribution in [2.45, 2.75) is 24.9 Å². The lowest BCUT2D eigenvalue weighted by molar-refractivity contribution is -0.143. The fourth-order valence-electron chi connectivity index (χ4n) is 4.71. The maximum Gasteiger partial charge on any atom is 0.254 e. The van der Waals surface area contributed by atoms with Crippen LogP contribution in [0.15, 0.2) is 54.6 Å². The molecule has 0 unspecified atom stereocenters. The van der Waals surface area contributed by atoms with Gasteiger partial charge >= 0.3 is 0 Å². The molecule has 2 aromatic carbocycles. The Morgan fingerprint density at radius 1 is 0.971 bits per heavy atom. The monoisotopic (exact) mass is 458 g/mol. The Kier molecular flexibility index (Phi) is 6.11. The van der Waals surface area contributed by atoms with E-state index in [1.807, 2.05) is 24.3 Å². The molecule has 0 spiro atoms. The summed E-state index contributed by atoms with van der Waals surface area (Å²) in [6.07, 6.45) is 8.50. The lowest BCUT2D eigenvalue weighted by atomic mass is 9.95. The van der Waals surface area contributed by atoms with Crippen molar-refractivity contribution in [3.8, 4) is 11.1 Å². The Labute approximate surface area is 200 Å². The number of allylic oxidation sites excluding steroid dienone is 2. The van der Waals surface area contributed by atoms with E-state index in [9.17, 15) is 14.7 Å². The Bertz CT molecular complexity index is 1150. The molecule has 6 heteroatoms. The summed E-state index contributed by atoms with van der Waals surface area (Å²) in [7, 11) is 1.72. The smallest absolute Gasteiger partial charge is 0.254 e. The standard InChI is InChI=1S/C28H30N2O4/c1-34-19-24-5-3-2-4-23-18-22(10-11-25(23)24)20-6-8-21(9-7-20)26(31)29-14-16-30(17-15-29)27(32)28(33)12-13-28/h2,4-11,18,33H,3,12-17,19H2,1H3. The van der Waals surface area contributed by atoms with Crippen LogP contribution in [0.2, 0.25) is 0 Å². The zero-order valence-electron chi connectivity index (χ0n) is 19.5. The molecule has 0 aromatic heterocycles. The molecule has 1 aliphatic heterocycles. The topological polar surface area (TPSA) is 70.1 Å². The highest BCUT2D eigenvalue weighted by atomic mass is 16.5. The van der Waals surface area contributed by atoms with Crippen LogP contribution in [0.25, 0.3) is 22.8 Å². The molecular formula is C28H30N2O4. The van der Waals surface area contributed by atoms with Crippen LogP contribution < -0.4 is 0 Å². The average Bonchev–Trinajstić information content (AvgIpc) is 3.66. The number of fused-ring (bicyclic) bond motifs is 1. The largest absolute Gasteiger partial charge is 0.380 e. The number of aliphatic hydroxyl groups is 1. The summed E-state index contributed by atoms with van der Waals surface area (Å²) >= 11 is 0. The number of ether oxygens (including phenoxy) is 1. The predicted octanol–water partition coefficient (Wildman–Crippen LogP) is 3.61. The molecule has 0 radical (unpaired) electrons. The number of methoxy groups -OCH3 is 1. The van der Waals surface area contributed by atoms with Crippen LogP contribution in [-0.4, -0.2) is 72.2 Å². The summed E-state index contributed by atoms with van der Waals surface area (Å²) < 4.78 is 5.37. The Morgan fingerprint density at radius 2 is 1.65 bits per heavy atom. The van der Waals surface area contributed by atoms with Crippen molar-refractivity contribution < 1.29 is 19.4 Å². The molecule has 1 N–H and O–H groups in total. The van der Waals surface area contributed by atoms with Crippen LogP contribution in [0.4, 0.5) is 0 Å². The SMILES string of the molecule is COCC1=CCC=Cc2cc(-c3ccc(C(=O)N4CCN(C(=O)C5(O)CC5)CC4)cc3)ccc21. The second kappa shape index (κ2) is 9.20. The lowest BCUT2D eigenvalue weighted by Crippen LogP contribution is -2.53. The molecule has 6 nitrogen and oxygen atoms in total. The summed E-state index contributed by atoms with van der Waals surface area (Å²) in [4.78, 5) is 28.8. The molecule has 0 bridgehead atoms. The summed E-state index contributed by atoms with van der Waals surface area (Å²) in [5.41, 5.74) is 5.22. The fraction of sp³-hybridized carbons (Fsp3) is 0.357. The molecule has 2 fully saturated rings. The van der Waals surface area contributed by atoms with Gasteiger partial charge in [0.2, 0.25) is 0 Å². The first-order chi connectivity index (χ1) is 16.5. The minimum Gasteiger partial charge on any atom is -0.380 e. The van der Waals surface area contributed by atoms with Gasteiger partial charge in [-0.25, -0.2) is 0 Å². The minimum atomic E-state index is -1.14. The van der Waals surface area contributed by atoms with E-state index in [4.69, 9.17) is 4.74 Å². The normalized spacial score (nSPS) is 18.7. The molecule has 5 rings (SSSR count). The van der Waals surface area contributed by atoms with E-state index >= 15 is 0 Å². The third-order valence-corrected chi connectivity index (χ3v) is 6.94. The zero-order valence-corrected chi connectivity index (χ0v) is 19.5. The molecule has 0 atom stereocenters. The van der Waals surface area contributed by atoms with E-state index in [2.05, 4.69) is 36.4 Å². The first-order valence-corrected chi connectivity index (χ1v) is 11.9. The van der Waals surface area contributed by atoms with Crippen LogP contribution in [0.5, 0.6) is 0 Å². The van der Waals surface area contributed by atoms with Gasteiger partial charge in [-0.3, -0.25) is 9.59 Å². The van der Waals surface area contributed by atoms with E-state index < -0.39 is 5.60 Å². The van der Waals surface area contributed by atoms with Crippen LogP contribution >= 0.6 is 0 Å². The summed E-state index contributed by atoms with van der Waals surface area (Å²) in [6.45, 7) is 2.49. The highest BCUT2D eigenvalue weighted by Gasteiger charge is 2.50. The van der Waals surface area contributed by atoms with Gasteiger partial charge in [-0.15, -0.1) is 0 Å². The van der Waals surface area contributed by atoms with Crippen LogP contribution in [0.1, 0.15) is 40.7 Å². The maximum absolute atomic E-state index is 13.0. The average molecular weight is 459 g/mol. The van der Waals surface area contributed by atoms with Gasteiger partial charge in [0.05, 0.1) is 6.61 Å². The van der Waals surface area contributed by atoms with Crippen molar-refractivity contribution in [3.63, 3.8) is 0 Å². The van der Waals surface area contributed by atoms with Gasteiger partial charge < -0.3 is 19.6 Å². The molecule has 2 amide bonds. The molecule has 2 aliphatic carbocycles. The maximum atomic E-state index is 13.0. The number of hydrogen-bond donors (Lipinski definition) is 1. The van der Waals surface area contributed by atoms with Gasteiger partial charge in [0.25, 0.3) is 11.8 Å². The molecule has 1 saturated heterocycles. The van der Waals surface area contributed by atoms with Crippen molar-refractivity contribution >= 4 is 23.5 Å². The van der Waals surface area contributed by atoms with E-state index in [0.717, 1.165) is 17.5 Å². The van der Waals surface area contributed by atoms with Gasteiger partial charge in [-0.2, -0.15) is 0 Å². The fourth-order valence-corrected chi connectivity index (χ4v) is 4.71. The quantitative estimate of drug-likeness (QED) is 0.743. The van der Waals surface area contributed by atoms with Gasteiger partial charge in [-0.05, 0) is 65.3 Å². The van der Waals surface area contributed by atoms with Crippen LogP contribution in [-0.2, 0) is 9.53 Å². The molecule has 34 heavy (non-hydrogen) atoms. The van der Waals surface area contributed by atoms with Crippen molar-refractivity contribution in [1.82, 2.24) is 9.80 Å². The van der Waals surface area contributed by atoms with Gasteiger partial charge in [0, 0.05) is 38.9 Å². The number of amides is 2. The number of carbonyl (C=O) groups excluding carboxylic acids is 2. The molecule has 176 valence electrons. The van der Waals surface area contributed by atoms with Gasteiger partial charge in [0.15, 0.2) is 0 Å². The van der Waals surface area contributed by atoms with Crippen molar-refractivity contribution in [2.75, 3.05) is 39.9 Å². The second-order valence-corrected chi connectivity index (χ2v) is 9.30. The number of nitrogens with zero attached hydrogens (tertiary/aromatic N) is 2. The number of carbonyl (C=O) groups is 2. The Hall–Kier alpha value is -3.22. The minimum absolute atomic E-state index is 0.0250. The van der Waals surface area contributed by atoms with Crippen LogP contribution in [0, 0.1) is 0 Å². The Morgan fingerprint density at radius 3 is 2.32 bits per heavy atom. The number of benzene rings is 2. The van der Waals surface area contributed by atoms with E-state index in [1.165, 1.54) is 16.7 Å².